The number of rotatable bonds is 10. The molecular weight excluding hydrogens is 500 g/mol. The van der Waals surface area contributed by atoms with E-state index in [1.54, 1.807) is 0 Å². The van der Waals surface area contributed by atoms with Crippen LogP contribution in [0.4, 0.5) is 0 Å². The Kier molecular flexibility index (Phi) is 9.32. The number of carboxylic acids is 1. The molecule has 0 aromatic heterocycles. The first kappa shape index (κ1) is 28.3. The van der Waals surface area contributed by atoms with Crippen molar-refractivity contribution in [2.75, 3.05) is 13.1 Å². The average Bonchev–Trinajstić information content (AvgIpc) is 3.56. The van der Waals surface area contributed by atoms with Crippen LogP contribution in [0.3, 0.4) is 0 Å². The number of aliphatic hydroxyl groups excluding tert-OH is 1. The number of nitrogens with zero attached hydrogens (tertiary/aromatic N) is 2. The van der Waals surface area contributed by atoms with Crippen LogP contribution in [0.1, 0.15) is 36.8 Å². The average molecular weight is 537 g/mol. The number of carbonyl (C=O) groups excluding carboxylic acids is 3. The lowest BCUT2D eigenvalue weighted by Gasteiger charge is -2.32. The molecule has 39 heavy (non-hydrogen) atoms. The summed E-state index contributed by atoms with van der Waals surface area (Å²) in [7, 11) is 0. The van der Waals surface area contributed by atoms with Gasteiger partial charge >= 0.3 is 5.97 Å². The normalized spacial score (nSPS) is 22.4. The zero-order chi connectivity index (χ0) is 27.9. The van der Waals surface area contributed by atoms with Gasteiger partial charge < -0.3 is 31.1 Å². The topological polar surface area (TPSA) is 153 Å². The van der Waals surface area contributed by atoms with Crippen molar-refractivity contribution in [3.8, 4) is 0 Å². The summed E-state index contributed by atoms with van der Waals surface area (Å²) in [5.41, 5.74) is 8.00. The molecule has 2 aliphatic rings. The van der Waals surface area contributed by atoms with Crippen molar-refractivity contribution in [1.29, 1.82) is 0 Å². The van der Waals surface area contributed by atoms with E-state index in [-0.39, 0.29) is 19.4 Å². The highest BCUT2D eigenvalue weighted by molar-refractivity contribution is 5.94. The van der Waals surface area contributed by atoms with Crippen molar-refractivity contribution in [3.63, 3.8) is 0 Å². The number of hydrogen-bond donors (Lipinski definition) is 4. The number of aliphatic hydroxyl groups is 1. The summed E-state index contributed by atoms with van der Waals surface area (Å²) in [6.45, 7) is 0.337. The predicted octanol–water partition coefficient (Wildman–Crippen LogP) is 0.711. The number of amides is 3. The summed E-state index contributed by atoms with van der Waals surface area (Å²) >= 11 is 0. The van der Waals surface area contributed by atoms with Gasteiger partial charge in [-0.3, -0.25) is 19.2 Å². The van der Waals surface area contributed by atoms with E-state index in [4.69, 9.17) is 5.73 Å². The second kappa shape index (κ2) is 12.9. The maximum Gasteiger partial charge on any atom is 0.305 e. The molecule has 0 spiro atoms. The van der Waals surface area contributed by atoms with Crippen LogP contribution in [0, 0.1) is 0 Å². The largest absolute Gasteiger partial charge is 0.481 e. The fourth-order valence-electron chi connectivity index (χ4n) is 5.54. The number of likely N-dealkylation sites (tertiary alicyclic amines) is 2. The highest BCUT2D eigenvalue weighted by Crippen LogP contribution is 2.26. The van der Waals surface area contributed by atoms with Gasteiger partial charge in [-0.15, -0.1) is 0 Å². The monoisotopic (exact) mass is 536 g/mol. The van der Waals surface area contributed by atoms with E-state index in [1.807, 2.05) is 60.7 Å². The Morgan fingerprint density at radius 2 is 1.54 bits per heavy atom. The van der Waals surface area contributed by atoms with Crippen LogP contribution in [-0.2, 0) is 32.0 Å². The predicted molar refractivity (Wildman–Crippen MR) is 143 cm³/mol. The van der Waals surface area contributed by atoms with E-state index in [9.17, 15) is 29.4 Å². The van der Waals surface area contributed by atoms with Gasteiger partial charge in [0.2, 0.25) is 17.7 Å². The van der Waals surface area contributed by atoms with E-state index in [0.717, 1.165) is 11.1 Å². The van der Waals surface area contributed by atoms with E-state index < -0.39 is 54.0 Å². The fourth-order valence-corrected chi connectivity index (χ4v) is 5.54. The molecule has 2 fully saturated rings. The summed E-state index contributed by atoms with van der Waals surface area (Å²) < 4.78 is 0. The molecule has 2 aliphatic heterocycles. The van der Waals surface area contributed by atoms with Gasteiger partial charge in [0, 0.05) is 25.6 Å². The van der Waals surface area contributed by atoms with Gasteiger partial charge in [-0.2, -0.15) is 0 Å². The number of carbonyl (C=O) groups is 4. The Morgan fingerprint density at radius 3 is 2.15 bits per heavy atom. The summed E-state index contributed by atoms with van der Waals surface area (Å²) in [4.78, 5) is 54.5. The third-order valence-corrected chi connectivity index (χ3v) is 7.39. The van der Waals surface area contributed by atoms with E-state index in [0.29, 0.717) is 32.2 Å². The molecule has 208 valence electrons. The number of nitrogens with two attached hydrogens (primary N) is 1. The standard InChI is InChI=1S/C29H36N4O6/c30-23(15-20-10-5-2-6-11-20)28(38)33-18-22(34)17-25(33)29(39)32-13-7-12-24(32)27(37)31-21(16-26(35)36)14-19-8-3-1-4-9-19/h1-6,8-11,21-25,34H,7,12-18,30H2,(H,31,37)(H,35,36)/t21-,22+,23-,24-,25-/m0/s1. The molecule has 0 aliphatic carbocycles. The van der Waals surface area contributed by atoms with Crippen LogP contribution in [0.15, 0.2) is 60.7 Å². The number of hydrogen-bond acceptors (Lipinski definition) is 6. The van der Waals surface area contributed by atoms with Crippen LogP contribution in [-0.4, -0.2) is 87.1 Å². The highest BCUT2D eigenvalue weighted by atomic mass is 16.4. The van der Waals surface area contributed by atoms with E-state index in [2.05, 4.69) is 5.32 Å². The highest BCUT2D eigenvalue weighted by Gasteiger charge is 2.45. The molecule has 0 radical (unpaired) electrons. The third-order valence-electron chi connectivity index (χ3n) is 7.39. The Labute approximate surface area is 227 Å². The van der Waals surface area contributed by atoms with Gasteiger partial charge in [0.1, 0.15) is 12.1 Å². The van der Waals surface area contributed by atoms with Crippen molar-refractivity contribution in [3.05, 3.63) is 71.8 Å². The zero-order valence-corrected chi connectivity index (χ0v) is 21.8. The molecule has 10 heteroatoms. The van der Waals surface area contributed by atoms with Gasteiger partial charge in [0.05, 0.1) is 18.6 Å². The van der Waals surface area contributed by atoms with Crippen molar-refractivity contribution in [2.45, 2.75) is 68.8 Å². The fraction of sp³-hybridized carbons (Fsp3) is 0.448. The minimum absolute atomic E-state index is 0.000193. The minimum Gasteiger partial charge on any atom is -0.481 e. The Balaban J connectivity index is 1.43. The molecule has 3 amide bonds. The number of aliphatic carboxylic acids is 1. The van der Waals surface area contributed by atoms with Crippen molar-refractivity contribution < 1.29 is 29.4 Å². The Bertz CT molecular complexity index is 1160. The van der Waals surface area contributed by atoms with Gasteiger partial charge in [-0.05, 0) is 36.8 Å². The van der Waals surface area contributed by atoms with Crippen LogP contribution in [0.2, 0.25) is 0 Å². The van der Waals surface area contributed by atoms with Crippen LogP contribution < -0.4 is 11.1 Å². The first-order valence-corrected chi connectivity index (χ1v) is 13.4. The van der Waals surface area contributed by atoms with Crippen molar-refractivity contribution in [1.82, 2.24) is 15.1 Å². The molecule has 2 saturated heterocycles. The van der Waals surface area contributed by atoms with Crippen LogP contribution in [0.5, 0.6) is 0 Å². The third kappa shape index (κ3) is 7.21. The van der Waals surface area contributed by atoms with Crippen LogP contribution >= 0.6 is 0 Å². The maximum atomic E-state index is 13.7. The van der Waals surface area contributed by atoms with Crippen molar-refractivity contribution in [2.24, 2.45) is 5.73 Å². The molecule has 0 bridgehead atoms. The van der Waals surface area contributed by atoms with Crippen LogP contribution in [0.25, 0.3) is 0 Å². The molecule has 10 nitrogen and oxygen atoms in total. The molecule has 2 heterocycles. The first-order valence-electron chi connectivity index (χ1n) is 13.4. The maximum absolute atomic E-state index is 13.7. The van der Waals surface area contributed by atoms with Crippen molar-refractivity contribution >= 4 is 23.7 Å². The molecule has 2 aromatic carbocycles. The Hall–Kier alpha value is -3.76. The molecule has 2 aromatic rings. The lowest BCUT2D eigenvalue weighted by atomic mass is 10.0. The molecule has 5 N–H and O–H groups in total. The lowest BCUT2D eigenvalue weighted by molar-refractivity contribution is -0.147. The van der Waals surface area contributed by atoms with Gasteiger partial charge in [-0.25, -0.2) is 0 Å². The second-order valence-corrected chi connectivity index (χ2v) is 10.4. The molecule has 4 rings (SSSR count). The second-order valence-electron chi connectivity index (χ2n) is 10.4. The summed E-state index contributed by atoms with van der Waals surface area (Å²) in [6.07, 6.45) is 0.625. The quantitative estimate of drug-likeness (QED) is 0.349. The number of benzene rings is 2. The van der Waals surface area contributed by atoms with Gasteiger partial charge in [0.15, 0.2) is 0 Å². The van der Waals surface area contributed by atoms with E-state index >= 15 is 0 Å². The number of nitrogens with one attached hydrogen (secondary N) is 1. The van der Waals surface area contributed by atoms with E-state index in [1.165, 1.54) is 9.80 Å². The molecule has 0 saturated carbocycles. The SMILES string of the molecule is N[C@@H](Cc1ccccc1)C(=O)N1C[C@H](O)C[C@H]1C(=O)N1CCC[C@H]1C(=O)N[C@H](CC(=O)O)Cc1ccccc1. The Morgan fingerprint density at radius 1 is 0.923 bits per heavy atom. The zero-order valence-electron chi connectivity index (χ0n) is 21.8. The molecule has 0 unspecified atom stereocenters. The van der Waals surface area contributed by atoms with Gasteiger partial charge in [0.25, 0.3) is 0 Å². The minimum atomic E-state index is -1.03. The lowest BCUT2D eigenvalue weighted by Crippen LogP contribution is -2.56. The first-order chi connectivity index (χ1) is 18.7. The smallest absolute Gasteiger partial charge is 0.305 e. The molecule has 5 atom stereocenters. The molecular formula is C29H36N4O6. The summed E-state index contributed by atoms with van der Waals surface area (Å²) in [6, 6.07) is 15.4. The summed E-state index contributed by atoms with van der Waals surface area (Å²) in [5.74, 6) is -2.27. The summed E-state index contributed by atoms with van der Waals surface area (Å²) in [5, 5.41) is 22.6. The number of β-amino-alcohol motifs (C(OH)–C–C–N with tert-alkyl or cyclic N) is 1. The van der Waals surface area contributed by atoms with Gasteiger partial charge in [-0.1, -0.05) is 60.7 Å². The number of carboxylic acid groups (broad SMARTS) is 1.